The van der Waals surface area contributed by atoms with Gasteiger partial charge in [0.15, 0.2) is 11.2 Å². The second-order valence-electron chi connectivity index (χ2n) is 6.08. The fraction of sp³-hybridized carbons (Fsp3) is 0.300. The maximum Gasteiger partial charge on any atom is 0.279 e. The fourth-order valence-corrected chi connectivity index (χ4v) is 2.52. The molecule has 2 aromatic rings. The van der Waals surface area contributed by atoms with E-state index in [4.69, 9.17) is 17.0 Å². The van der Waals surface area contributed by atoms with Crippen molar-refractivity contribution >= 4 is 28.9 Å². The standard InChI is InChI=1S/C20H25N3O2S/c1-5-16-9-7-10-17(12-16)21-20(26)23-22-19(24)15(4)25-18-11-6-8-13(2)14(18)3/h6-12,15H,5H2,1-4H3,(H,22,24)(H2,21,23,26)/t15-/m0/s1. The molecule has 0 bridgehead atoms. The Hall–Kier alpha value is -2.60. The van der Waals surface area contributed by atoms with E-state index in [2.05, 4.69) is 29.2 Å². The molecular weight excluding hydrogens is 346 g/mol. The number of rotatable bonds is 5. The van der Waals surface area contributed by atoms with Crippen LogP contribution in [0.15, 0.2) is 42.5 Å². The minimum atomic E-state index is -0.658. The molecule has 6 heteroatoms. The van der Waals surface area contributed by atoms with Crippen LogP contribution >= 0.6 is 12.2 Å². The average Bonchev–Trinajstić information content (AvgIpc) is 2.63. The number of amides is 1. The van der Waals surface area contributed by atoms with Crippen molar-refractivity contribution in [3.8, 4) is 5.75 Å². The van der Waals surface area contributed by atoms with E-state index in [1.165, 1.54) is 5.56 Å². The number of benzene rings is 2. The number of hydrogen-bond donors (Lipinski definition) is 3. The zero-order valence-corrected chi connectivity index (χ0v) is 16.4. The highest BCUT2D eigenvalue weighted by Gasteiger charge is 2.16. The summed E-state index contributed by atoms with van der Waals surface area (Å²) in [7, 11) is 0. The van der Waals surface area contributed by atoms with Gasteiger partial charge in [-0.15, -0.1) is 0 Å². The number of hydrazine groups is 1. The summed E-state index contributed by atoms with van der Waals surface area (Å²) in [4.78, 5) is 12.2. The molecule has 0 aromatic heterocycles. The second-order valence-corrected chi connectivity index (χ2v) is 6.49. The first kappa shape index (κ1) is 19.7. The van der Waals surface area contributed by atoms with Gasteiger partial charge in [0.2, 0.25) is 0 Å². The maximum atomic E-state index is 12.2. The van der Waals surface area contributed by atoms with Crippen LogP contribution in [0, 0.1) is 13.8 Å². The van der Waals surface area contributed by atoms with Crippen LogP contribution in [0.2, 0.25) is 0 Å². The fourth-order valence-electron chi connectivity index (χ4n) is 2.35. The largest absolute Gasteiger partial charge is 0.481 e. The number of ether oxygens (including phenoxy) is 1. The predicted molar refractivity (Wildman–Crippen MR) is 109 cm³/mol. The third-order valence-corrected chi connectivity index (χ3v) is 4.32. The van der Waals surface area contributed by atoms with Gasteiger partial charge in [-0.05, 0) is 74.3 Å². The van der Waals surface area contributed by atoms with Crippen LogP contribution in [-0.4, -0.2) is 17.1 Å². The van der Waals surface area contributed by atoms with E-state index in [1.807, 2.05) is 50.2 Å². The van der Waals surface area contributed by atoms with Crippen LogP contribution in [0.25, 0.3) is 0 Å². The highest BCUT2D eigenvalue weighted by atomic mass is 32.1. The normalized spacial score (nSPS) is 11.4. The molecular formula is C20H25N3O2S. The first-order valence-corrected chi connectivity index (χ1v) is 9.00. The number of thiocarbonyl (C=S) groups is 1. The molecule has 2 aromatic carbocycles. The third-order valence-electron chi connectivity index (χ3n) is 4.12. The quantitative estimate of drug-likeness (QED) is 0.553. The molecule has 0 aliphatic heterocycles. The summed E-state index contributed by atoms with van der Waals surface area (Å²) in [5, 5.41) is 3.35. The number of carbonyl (C=O) groups is 1. The van der Waals surface area contributed by atoms with E-state index < -0.39 is 6.10 Å². The van der Waals surface area contributed by atoms with E-state index in [0.29, 0.717) is 10.9 Å². The van der Waals surface area contributed by atoms with Crippen LogP contribution < -0.4 is 20.9 Å². The molecule has 2 rings (SSSR count). The number of aryl methyl sites for hydroxylation is 2. The Balaban J connectivity index is 1.85. The van der Waals surface area contributed by atoms with Gasteiger partial charge in [-0.1, -0.05) is 31.2 Å². The smallest absolute Gasteiger partial charge is 0.279 e. The highest BCUT2D eigenvalue weighted by Crippen LogP contribution is 2.21. The van der Waals surface area contributed by atoms with Crippen LogP contribution in [0.4, 0.5) is 5.69 Å². The van der Waals surface area contributed by atoms with Gasteiger partial charge in [0, 0.05) is 5.69 Å². The maximum absolute atomic E-state index is 12.2. The van der Waals surface area contributed by atoms with Gasteiger partial charge in [-0.25, -0.2) is 0 Å². The van der Waals surface area contributed by atoms with Gasteiger partial charge in [0.25, 0.3) is 5.91 Å². The summed E-state index contributed by atoms with van der Waals surface area (Å²) in [5.74, 6) is 0.391. The molecule has 0 spiro atoms. The molecule has 0 aliphatic carbocycles. The van der Waals surface area contributed by atoms with Crippen molar-refractivity contribution in [1.29, 1.82) is 0 Å². The summed E-state index contributed by atoms with van der Waals surface area (Å²) in [5.41, 5.74) is 9.49. The first-order valence-electron chi connectivity index (χ1n) is 8.59. The molecule has 0 heterocycles. The Labute approximate surface area is 160 Å². The Morgan fingerprint density at radius 3 is 2.62 bits per heavy atom. The minimum absolute atomic E-state index is 0.308. The molecule has 1 amide bonds. The number of nitrogens with one attached hydrogen (secondary N) is 3. The van der Waals surface area contributed by atoms with Crippen molar-refractivity contribution in [2.24, 2.45) is 0 Å². The lowest BCUT2D eigenvalue weighted by atomic mass is 10.1. The second kappa shape index (κ2) is 9.20. The van der Waals surface area contributed by atoms with Crippen molar-refractivity contribution in [3.63, 3.8) is 0 Å². The van der Waals surface area contributed by atoms with Gasteiger partial charge in [0.1, 0.15) is 5.75 Å². The lowest BCUT2D eigenvalue weighted by molar-refractivity contribution is -0.127. The number of carbonyl (C=O) groups excluding carboxylic acids is 1. The number of hydrogen-bond acceptors (Lipinski definition) is 3. The molecule has 26 heavy (non-hydrogen) atoms. The van der Waals surface area contributed by atoms with Gasteiger partial charge >= 0.3 is 0 Å². The van der Waals surface area contributed by atoms with Crippen molar-refractivity contribution in [2.75, 3.05) is 5.32 Å². The number of anilines is 1. The zero-order chi connectivity index (χ0) is 19.1. The van der Waals surface area contributed by atoms with Gasteiger partial charge in [0.05, 0.1) is 0 Å². The van der Waals surface area contributed by atoms with E-state index in [9.17, 15) is 4.79 Å². The minimum Gasteiger partial charge on any atom is -0.481 e. The third kappa shape index (κ3) is 5.46. The highest BCUT2D eigenvalue weighted by molar-refractivity contribution is 7.80. The summed E-state index contributed by atoms with van der Waals surface area (Å²) in [6.07, 6.45) is 0.286. The predicted octanol–water partition coefficient (Wildman–Crippen LogP) is 3.65. The molecule has 3 N–H and O–H groups in total. The lowest BCUT2D eigenvalue weighted by Crippen LogP contribution is -2.48. The van der Waals surface area contributed by atoms with Crippen LogP contribution in [0.1, 0.15) is 30.5 Å². The Morgan fingerprint density at radius 2 is 1.88 bits per heavy atom. The van der Waals surface area contributed by atoms with Gasteiger partial charge in [-0.3, -0.25) is 15.6 Å². The SMILES string of the molecule is CCc1cccc(NC(=S)NNC(=O)[C@H](C)Oc2cccc(C)c2C)c1. The Kier molecular flexibility index (Phi) is 6.97. The summed E-state index contributed by atoms with van der Waals surface area (Å²) in [6, 6.07) is 13.7. The molecule has 0 saturated heterocycles. The van der Waals surface area contributed by atoms with Crippen molar-refractivity contribution < 1.29 is 9.53 Å². The summed E-state index contributed by atoms with van der Waals surface area (Å²) < 4.78 is 5.75. The lowest BCUT2D eigenvalue weighted by Gasteiger charge is -2.18. The van der Waals surface area contributed by atoms with Crippen molar-refractivity contribution in [3.05, 3.63) is 59.2 Å². The van der Waals surface area contributed by atoms with E-state index >= 15 is 0 Å². The molecule has 1 atom stereocenters. The van der Waals surface area contributed by atoms with E-state index in [1.54, 1.807) is 6.92 Å². The Bertz CT molecular complexity index is 792. The van der Waals surface area contributed by atoms with Crippen LogP contribution in [0.3, 0.4) is 0 Å². The van der Waals surface area contributed by atoms with Crippen LogP contribution in [-0.2, 0) is 11.2 Å². The van der Waals surface area contributed by atoms with Crippen LogP contribution in [0.5, 0.6) is 5.75 Å². The molecule has 0 radical (unpaired) electrons. The van der Waals surface area contributed by atoms with Crippen molar-refractivity contribution in [1.82, 2.24) is 10.9 Å². The van der Waals surface area contributed by atoms with E-state index in [-0.39, 0.29) is 5.91 Å². The molecule has 138 valence electrons. The molecule has 0 saturated carbocycles. The summed E-state index contributed by atoms with van der Waals surface area (Å²) in [6.45, 7) is 7.76. The zero-order valence-electron chi connectivity index (χ0n) is 15.6. The monoisotopic (exact) mass is 371 g/mol. The Morgan fingerprint density at radius 1 is 1.15 bits per heavy atom. The first-order chi connectivity index (χ1) is 12.4. The molecule has 0 unspecified atom stereocenters. The van der Waals surface area contributed by atoms with Gasteiger partial charge < -0.3 is 10.1 Å². The molecule has 0 fully saturated rings. The molecule has 0 aliphatic rings. The van der Waals surface area contributed by atoms with Crippen molar-refractivity contribution in [2.45, 2.75) is 40.2 Å². The average molecular weight is 372 g/mol. The topological polar surface area (TPSA) is 62.4 Å². The molecule has 5 nitrogen and oxygen atoms in total. The van der Waals surface area contributed by atoms with Gasteiger partial charge in [-0.2, -0.15) is 0 Å². The van der Waals surface area contributed by atoms with E-state index in [0.717, 1.165) is 23.2 Å². The summed E-state index contributed by atoms with van der Waals surface area (Å²) >= 11 is 5.21.